The zero-order valence-corrected chi connectivity index (χ0v) is 11.6. The SMILES string of the molecule is COCCNCC(C)=Cc1ccc(SC)cc1. The summed E-state index contributed by atoms with van der Waals surface area (Å²) >= 11 is 1.77. The summed E-state index contributed by atoms with van der Waals surface area (Å²) in [7, 11) is 1.72. The van der Waals surface area contributed by atoms with E-state index in [0.717, 1.165) is 19.7 Å². The summed E-state index contributed by atoms with van der Waals surface area (Å²) in [5, 5.41) is 3.33. The van der Waals surface area contributed by atoms with Gasteiger partial charge in [-0.1, -0.05) is 23.8 Å². The van der Waals surface area contributed by atoms with E-state index in [1.165, 1.54) is 16.0 Å². The van der Waals surface area contributed by atoms with Crippen LogP contribution in [0.4, 0.5) is 0 Å². The first-order valence-electron chi connectivity index (χ1n) is 5.77. The largest absolute Gasteiger partial charge is 0.383 e. The van der Waals surface area contributed by atoms with Crippen molar-refractivity contribution in [2.24, 2.45) is 0 Å². The monoisotopic (exact) mass is 251 g/mol. The average Bonchev–Trinajstić information content (AvgIpc) is 2.36. The third-order valence-corrected chi connectivity index (χ3v) is 3.16. The van der Waals surface area contributed by atoms with Crippen LogP contribution in [0.3, 0.4) is 0 Å². The van der Waals surface area contributed by atoms with Crippen molar-refractivity contribution in [3.63, 3.8) is 0 Å². The molecule has 0 aliphatic carbocycles. The Kier molecular flexibility index (Phi) is 7.01. The van der Waals surface area contributed by atoms with E-state index in [1.807, 2.05) is 0 Å². The smallest absolute Gasteiger partial charge is 0.0587 e. The summed E-state index contributed by atoms with van der Waals surface area (Å²) in [5.74, 6) is 0. The normalized spacial score (nSPS) is 11.8. The molecular weight excluding hydrogens is 230 g/mol. The first kappa shape index (κ1) is 14.3. The van der Waals surface area contributed by atoms with Gasteiger partial charge in [0.15, 0.2) is 0 Å². The third-order valence-electron chi connectivity index (χ3n) is 2.42. The Morgan fingerprint density at radius 2 is 2.06 bits per heavy atom. The maximum absolute atomic E-state index is 4.98. The van der Waals surface area contributed by atoms with Crippen LogP contribution in [-0.4, -0.2) is 33.1 Å². The molecule has 0 aliphatic rings. The summed E-state index contributed by atoms with van der Waals surface area (Å²) in [6.45, 7) is 4.71. The van der Waals surface area contributed by atoms with Gasteiger partial charge in [0.25, 0.3) is 0 Å². The lowest BCUT2D eigenvalue weighted by molar-refractivity contribution is 0.200. The van der Waals surface area contributed by atoms with Gasteiger partial charge in [-0.05, 0) is 30.9 Å². The lowest BCUT2D eigenvalue weighted by Gasteiger charge is -2.04. The molecule has 0 saturated heterocycles. The highest BCUT2D eigenvalue weighted by Crippen LogP contribution is 2.16. The molecule has 0 heterocycles. The Morgan fingerprint density at radius 3 is 2.65 bits per heavy atom. The first-order chi connectivity index (χ1) is 8.26. The van der Waals surface area contributed by atoms with Gasteiger partial charge in [-0.25, -0.2) is 0 Å². The fourth-order valence-electron chi connectivity index (χ4n) is 1.50. The van der Waals surface area contributed by atoms with Crippen LogP contribution in [0.1, 0.15) is 12.5 Å². The molecule has 0 spiro atoms. The van der Waals surface area contributed by atoms with Gasteiger partial charge in [0.2, 0.25) is 0 Å². The summed E-state index contributed by atoms with van der Waals surface area (Å²) in [6.07, 6.45) is 4.31. The van der Waals surface area contributed by atoms with Crippen LogP contribution in [0, 0.1) is 0 Å². The van der Waals surface area contributed by atoms with E-state index in [-0.39, 0.29) is 0 Å². The van der Waals surface area contributed by atoms with Crippen molar-refractivity contribution in [3.05, 3.63) is 35.4 Å². The number of methoxy groups -OCH3 is 1. The molecule has 0 unspecified atom stereocenters. The van der Waals surface area contributed by atoms with Crippen molar-refractivity contribution in [3.8, 4) is 0 Å². The number of hydrogen-bond acceptors (Lipinski definition) is 3. The molecule has 1 aromatic carbocycles. The topological polar surface area (TPSA) is 21.3 Å². The van der Waals surface area contributed by atoms with Gasteiger partial charge in [-0.15, -0.1) is 11.8 Å². The molecule has 1 N–H and O–H groups in total. The van der Waals surface area contributed by atoms with Crippen molar-refractivity contribution in [2.45, 2.75) is 11.8 Å². The number of hydrogen-bond donors (Lipinski definition) is 1. The Hall–Kier alpha value is -0.770. The quantitative estimate of drug-likeness (QED) is 0.594. The molecule has 2 nitrogen and oxygen atoms in total. The van der Waals surface area contributed by atoms with Gasteiger partial charge in [0, 0.05) is 25.1 Å². The standard InChI is InChI=1S/C14H21NOS/c1-12(11-15-8-9-16-2)10-13-4-6-14(17-3)7-5-13/h4-7,10,15H,8-9,11H2,1-3H3. The predicted molar refractivity (Wildman–Crippen MR) is 76.6 cm³/mol. The van der Waals surface area contributed by atoms with Crippen LogP contribution in [0.2, 0.25) is 0 Å². The molecule has 94 valence electrons. The van der Waals surface area contributed by atoms with Crippen LogP contribution in [0.15, 0.2) is 34.7 Å². The third kappa shape index (κ3) is 5.91. The molecule has 0 aliphatic heterocycles. The summed E-state index contributed by atoms with van der Waals surface area (Å²) in [4.78, 5) is 1.30. The molecule has 0 aromatic heterocycles. The van der Waals surface area contributed by atoms with Crippen molar-refractivity contribution in [2.75, 3.05) is 33.1 Å². The van der Waals surface area contributed by atoms with Crippen LogP contribution in [0.25, 0.3) is 6.08 Å². The van der Waals surface area contributed by atoms with Gasteiger partial charge in [-0.3, -0.25) is 0 Å². The van der Waals surface area contributed by atoms with Gasteiger partial charge in [-0.2, -0.15) is 0 Å². The number of benzene rings is 1. The first-order valence-corrected chi connectivity index (χ1v) is 6.99. The van der Waals surface area contributed by atoms with E-state index in [1.54, 1.807) is 18.9 Å². The van der Waals surface area contributed by atoms with E-state index in [0.29, 0.717) is 0 Å². The van der Waals surface area contributed by atoms with E-state index in [9.17, 15) is 0 Å². The second-order valence-corrected chi connectivity index (χ2v) is 4.81. The van der Waals surface area contributed by atoms with Gasteiger partial charge >= 0.3 is 0 Å². The van der Waals surface area contributed by atoms with E-state index in [4.69, 9.17) is 4.74 Å². The van der Waals surface area contributed by atoms with Crippen LogP contribution in [0.5, 0.6) is 0 Å². The highest BCUT2D eigenvalue weighted by molar-refractivity contribution is 7.98. The zero-order valence-electron chi connectivity index (χ0n) is 10.8. The number of nitrogens with one attached hydrogen (secondary N) is 1. The van der Waals surface area contributed by atoms with E-state index < -0.39 is 0 Å². The lowest BCUT2D eigenvalue weighted by atomic mass is 10.1. The maximum Gasteiger partial charge on any atom is 0.0587 e. The minimum Gasteiger partial charge on any atom is -0.383 e. The lowest BCUT2D eigenvalue weighted by Crippen LogP contribution is -2.20. The predicted octanol–water partition coefficient (Wildman–Crippen LogP) is 3.05. The molecule has 1 rings (SSSR count). The molecule has 0 amide bonds. The number of rotatable bonds is 7. The molecule has 0 fully saturated rings. The van der Waals surface area contributed by atoms with Crippen molar-refractivity contribution < 1.29 is 4.74 Å². The highest BCUT2D eigenvalue weighted by atomic mass is 32.2. The van der Waals surface area contributed by atoms with Crippen molar-refractivity contribution >= 4 is 17.8 Å². The molecule has 0 atom stereocenters. The minimum absolute atomic E-state index is 0.760. The van der Waals surface area contributed by atoms with E-state index in [2.05, 4.69) is 48.8 Å². The van der Waals surface area contributed by atoms with Gasteiger partial charge in [0.05, 0.1) is 6.61 Å². The number of thioether (sulfide) groups is 1. The molecule has 3 heteroatoms. The van der Waals surface area contributed by atoms with Gasteiger partial charge < -0.3 is 10.1 Å². The fraction of sp³-hybridized carbons (Fsp3) is 0.429. The zero-order chi connectivity index (χ0) is 12.5. The minimum atomic E-state index is 0.760. The van der Waals surface area contributed by atoms with Crippen molar-refractivity contribution in [1.82, 2.24) is 5.32 Å². The Morgan fingerprint density at radius 1 is 1.35 bits per heavy atom. The second kappa shape index (κ2) is 8.34. The summed E-state index contributed by atoms with van der Waals surface area (Å²) in [5.41, 5.74) is 2.59. The van der Waals surface area contributed by atoms with Crippen LogP contribution < -0.4 is 5.32 Å². The fourth-order valence-corrected chi connectivity index (χ4v) is 1.90. The highest BCUT2D eigenvalue weighted by Gasteiger charge is 1.93. The summed E-state index contributed by atoms with van der Waals surface area (Å²) in [6, 6.07) is 8.62. The molecule has 0 bridgehead atoms. The average molecular weight is 251 g/mol. The van der Waals surface area contributed by atoms with E-state index >= 15 is 0 Å². The molecule has 17 heavy (non-hydrogen) atoms. The maximum atomic E-state index is 4.98. The molecule has 0 radical (unpaired) electrons. The molecular formula is C14H21NOS. The van der Waals surface area contributed by atoms with Crippen molar-refractivity contribution in [1.29, 1.82) is 0 Å². The molecule has 1 aromatic rings. The van der Waals surface area contributed by atoms with Crippen LogP contribution >= 0.6 is 11.8 Å². The summed E-state index contributed by atoms with van der Waals surface area (Å²) < 4.78 is 4.98. The Labute approximate surface area is 108 Å². The molecule has 0 saturated carbocycles. The van der Waals surface area contributed by atoms with Gasteiger partial charge in [0.1, 0.15) is 0 Å². The second-order valence-electron chi connectivity index (χ2n) is 3.93. The van der Waals surface area contributed by atoms with Crippen LogP contribution in [-0.2, 0) is 4.74 Å². The Balaban J connectivity index is 2.43. The number of ether oxygens (including phenoxy) is 1. The Bertz CT molecular complexity index is 346.